The molecule has 0 aliphatic heterocycles. The highest BCUT2D eigenvalue weighted by molar-refractivity contribution is 7.86. The number of hydrogen-bond donors (Lipinski definition) is 0. The van der Waals surface area contributed by atoms with Crippen molar-refractivity contribution in [1.82, 2.24) is 0 Å². The maximum Gasteiger partial charge on any atom is 0.337 e. The first kappa shape index (κ1) is 17.6. The van der Waals surface area contributed by atoms with Crippen molar-refractivity contribution in [3.05, 3.63) is 0 Å². The molecule has 2 atom stereocenters. The highest BCUT2D eigenvalue weighted by Gasteiger charge is 2.43. The molecule has 0 N–H and O–H groups in total. The summed E-state index contributed by atoms with van der Waals surface area (Å²) < 4.78 is 82.6. The summed E-state index contributed by atoms with van der Waals surface area (Å²) in [4.78, 5) is 0. The summed E-state index contributed by atoms with van der Waals surface area (Å²) in [6.45, 7) is 2.94. The highest BCUT2D eigenvalue weighted by Crippen LogP contribution is 2.34. The van der Waals surface area contributed by atoms with Gasteiger partial charge in [-0.1, -0.05) is 20.3 Å². The minimum atomic E-state index is -5.71. The fraction of sp³-hybridized carbons (Fsp3) is 1.00. The molecule has 0 spiro atoms. The maximum absolute atomic E-state index is 13.0. The van der Waals surface area contributed by atoms with E-state index in [-0.39, 0.29) is 19.3 Å². The lowest BCUT2D eigenvalue weighted by Crippen LogP contribution is -2.35. The van der Waals surface area contributed by atoms with E-state index in [9.17, 15) is 30.5 Å². The van der Waals surface area contributed by atoms with E-state index in [0.717, 1.165) is 13.8 Å². The van der Waals surface area contributed by atoms with Gasteiger partial charge in [-0.3, -0.25) is 0 Å². The van der Waals surface area contributed by atoms with Crippen LogP contribution < -0.4 is 0 Å². The van der Waals surface area contributed by atoms with Crippen LogP contribution in [0, 0.1) is 11.8 Å². The van der Waals surface area contributed by atoms with Crippen LogP contribution in [0.2, 0.25) is 0 Å². The molecular formula is C10H17F4O3S-. The minimum absolute atomic E-state index is 0.0108. The molecule has 0 radical (unpaired) electrons. The predicted octanol–water partition coefficient (Wildman–Crippen LogP) is 3.22. The molecule has 0 aromatic heterocycles. The Balaban J connectivity index is 4.34. The lowest BCUT2D eigenvalue weighted by atomic mass is 9.95. The first-order chi connectivity index (χ1) is 7.80. The topological polar surface area (TPSA) is 57.2 Å². The average Bonchev–Trinajstić information content (AvgIpc) is 2.13. The monoisotopic (exact) mass is 293 g/mol. The molecular weight excluding hydrogens is 276 g/mol. The molecule has 0 aromatic carbocycles. The van der Waals surface area contributed by atoms with E-state index in [0.29, 0.717) is 0 Å². The van der Waals surface area contributed by atoms with Crippen LogP contribution in [0.15, 0.2) is 0 Å². The van der Waals surface area contributed by atoms with Crippen LogP contribution in [0.5, 0.6) is 0 Å². The van der Waals surface area contributed by atoms with Crippen LogP contribution in [0.25, 0.3) is 0 Å². The SMILES string of the molecule is CC(CCCC(C)C(F)(F)S(=O)(=O)[O-])C(C)(F)F. The van der Waals surface area contributed by atoms with Gasteiger partial charge in [0.1, 0.15) is 0 Å². The molecule has 0 aliphatic rings. The van der Waals surface area contributed by atoms with Crippen LogP contribution in [-0.2, 0) is 10.1 Å². The van der Waals surface area contributed by atoms with Crippen LogP contribution in [0.3, 0.4) is 0 Å². The standard InChI is InChI=1S/C10H18F4O3S/c1-7(9(3,11)12)5-4-6-8(2)10(13,14)18(15,16)17/h7-8H,4-6H2,1-3H3,(H,15,16,17)/p-1. The van der Waals surface area contributed by atoms with E-state index in [1.807, 2.05) is 0 Å². The zero-order valence-corrected chi connectivity index (χ0v) is 11.2. The summed E-state index contributed by atoms with van der Waals surface area (Å²) in [5.41, 5.74) is 0. The van der Waals surface area contributed by atoms with Crippen molar-refractivity contribution in [3.8, 4) is 0 Å². The fourth-order valence-corrected chi connectivity index (χ4v) is 2.01. The van der Waals surface area contributed by atoms with Crippen molar-refractivity contribution in [1.29, 1.82) is 0 Å². The van der Waals surface area contributed by atoms with Gasteiger partial charge in [-0.25, -0.2) is 17.2 Å². The zero-order valence-electron chi connectivity index (χ0n) is 10.4. The second-order valence-electron chi connectivity index (χ2n) is 4.71. The van der Waals surface area contributed by atoms with Crippen molar-refractivity contribution < 1.29 is 30.5 Å². The summed E-state index contributed by atoms with van der Waals surface area (Å²) >= 11 is 0. The Morgan fingerprint density at radius 1 is 1.06 bits per heavy atom. The Hall–Kier alpha value is -0.370. The molecule has 3 nitrogen and oxygen atoms in total. The van der Waals surface area contributed by atoms with E-state index in [2.05, 4.69) is 0 Å². The number of alkyl halides is 4. The van der Waals surface area contributed by atoms with Crippen molar-refractivity contribution in [3.63, 3.8) is 0 Å². The molecule has 0 rings (SSSR count). The predicted molar refractivity (Wildman–Crippen MR) is 57.4 cm³/mol. The van der Waals surface area contributed by atoms with Crippen LogP contribution in [-0.4, -0.2) is 24.1 Å². The Bertz CT molecular complexity index is 362. The van der Waals surface area contributed by atoms with Gasteiger partial charge in [0.25, 0.3) is 0 Å². The first-order valence-electron chi connectivity index (χ1n) is 5.51. The van der Waals surface area contributed by atoms with Gasteiger partial charge in [0.15, 0.2) is 10.1 Å². The Labute approximate surface area is 104 Å². The normalized spacial score (nSPS) is 17.6. The number of hydrogen-bond acceptors (Lipinski definition) is 3. The molecule has 110 valence electrons. The van der Waals surface area contributed by atoms with E-state index in [1.165, 1.54) is 6.92 Å². The third-order valence-corrected chi connectivity index (χ3v) is 4.12. The number of halogens is 4. The van der Waals surface area contributed by atoms with Gasteiger partial charge >= 0.3 is 5.25 Å². The van der Waals surface area contributed by atoms with Gasteiger partial charge in [-0.05, 0) is 19.8 Å². The molecule has 0 aromatic rings. The van der Waals surface area contributed by atoms with Crippen LogP contribution in [0.1, 0.15) is 40.0 Å². The molecule has 0 amide bonds. The quantitative estimate of drug-likeness (QED) is 0.535. The van der Waals surface area contributed by atoms with Gasteiger partial charge in [0.05, 0.1) is 0 Å². The largest absolute Gasteiger partial charge is 0.743 e. The minimum Gasteiger partial charge on any atom is -0.743 e. The van der Waals surface area contributed by atoms with Gasteiger partial charge in [0, 0.05) is 11.8 Å². The number of rotatable bonds is 7. The molecule has 8 heteroatoms. The van der Waals surface area contributed by atoms with E-state index in [4.69, 9.17) is 0 Å². The summed E-state index contributed by atoms with van der Waals surface area (Å²) in [5.74, 6) is -5.57. The Morgan fingerprint density at radius 3 is 1.78 bits per heavy atom. The second kappa shape index (κ2) is 5.73. The third kappa shape index (κ3) is 4.72. The highest BCUT2D eigenvalue weighted by atomic mass is 32.2. The molecule has 0 saturated heterocycles. The fourth-order valence-electron chi connectivity index (χ4n) is 1.40. The van der Waals surface area contributed by atoms with Gasteiger partial charge in [-0.15, -0.1) is 0 Å². The molecule has 0 aliphatic carbocycles. The van der Waals surface area contributed by atoms with Crippen LogP contribution in [0.4, 0.5) is 17.6 Å². The Kier molecular flexibility index (Phi) is 5.61. The van der Waals surface area contributed by atoms with Crippen molar-refractivity contribution >= 4 is 10.1 Å². The van der Waals surface area contributed by atoms with Gasteiger partial charge in [0.2, 0.25) is 5.92 Å². The lowest BCUT2D eigenvalue weighted by Gasteiger charge is -2.26. The second-order valence-corrected chi connectivity index (χ2v) is 6.16. The molecule has 18 heavy (non-hydrogen) atoms. The lowest BCUT2D eigenvalue weighted by molar-refractivity contribution is -0.0378. The van der Waals surface area contributed by atoms with Crippen molar-refractivity contribution in [2.75, 3.05) is 0 Å². The zero-order chi connectivity index (χ0) is 14.8. The smallest absolute Gasteiger partial charge is 0.337 e. The summed E-state index contributed by atoms with van der Waals surface area (Å²) in [7, 11) is -5.71. The summed E-state index contributed by atoms with van der Waals surface area (Å²) in [6.07, 6.45) is -0.297. The van der Waals surface area contributed by atoms with E-state index >= 15 is 0 Å². The van der Waals surface area contributed by atoms with E-state index < -0.39 is 33.1 Å². The maximum atomic E-state index is 13.0. The molecule has 2 unspecified atom stereocenters. The molecule has 0 bridgehead atoms. The summed E-state index contributed by atoms with van der Waals surface area (Å²) in [5, 5.41) is -4.36. The van der Waals surface area contributed by atoms with Gasteiger partial charge in [-0.2, -0.15) is 8.78 Å². The van der Waals surface area contributed by atoms with E-state index in [1.54, 1.807) is 0 Å². The van der Waals surface area contributed by atoms with Crippen molar-refractivity contribution in [2.45, 2.75) is 51.2 Å². The molecule has 0 saturated carbocycles. The first-order valence-corrected chi connectivity index (χ1v) is 6.92. The molecule has 0 heterocycles. The summed E-state index contributed by atoms with van der Waals surface area (Å²) in [6, 6.07) is 0. The molecule has 0 fully saturated rings. The van der Waals surface area contributed by atoms with Crippen molar-refractivity contribution in [2.24, 2.45) is 11.8 Å². The van der Waals surface area contributed by atoms with Crippen LogP contribution >= 0.6 is 0 Å². The average molecular weight is 293 g/mol. The third-order valence-electron chi connectivity index (χ3n) is 3.05. The van der Waals surface area contributed by atoms with Gasteiger partial charge < -0.3 is 4.55 Å². The Morgan fingerprint density at radius 2 is 1.44 bits per heavy atom.